The Balaban J connectivity index is 0.852. The average molecular weight is 1120 g/mol. The molecule has 10 heteroatoms. The summed E-state index contributed by atoms with van der Waals surface area (Å²) in [6.45, 7) is 4.10. The second-order valence-corrected chi connectivity index (χ2v) is 20.3. The van der Waals surface area contributed by atoms with Crippen LogP contribution in [0.5, 0.6) is 0 Å². The van der Waals surface area contributed by atoms with Crippen LogP contribution in [0, 0.1) is 13.8 Å². The molecule has 0 atom stereocenters. The number of hydrogen-bond donors (Lipinski definition) is 0. The summed E-state index contributed by atoms with van der Waals surface area (Å²) >= 11 is 0. The van der Waals surface area contributed by atoms with Gasteiger partial charge in [0, 0.05) is 68.2 Å². The van der Waals surface area contributed by atoms with Gasteiger partial charge in [-0.2, -0.15) is 26.3 Å². The molecular weight excluding hydrogens is 1060 g/mol. The molecule has 11 aromatic rings. The first kappa shape index (κ1) is 55.6. The number of alkyl halides is 6. The van der Waals surface area contributed by atoms with E-state index in [2.05, 4.69) is 131 Å². The summed E-state index contributed by atoms with van der Waals surface area (Å²) in [5, 5.41) is 0. The Bertz CT molecular complexity index is 3730. The topological polar surface area (TPSA) is 13.0 Å². The summed E-state index contributed by atoms with van der Waals surface area (Å²) in [5.41, 5.74) is 10.5. The fourth-order valence-electron chi connectivity index (χ4n) is 10.2. The Morgan fingerprint density at radius 1 is 0.238 bits per heavy atom. The zero-order valence-electron chi connectivity index (χ0n) is 45.9. The average Bonchev–Trinajstić information content (AvgIpc) is 2.61. The number of aryl methyl sites for hydroxylation is 2. The molecule has 0 spiro atoms. The lowest BCUT2D eigenvalue weighted by Crippen LogP contribution is -2.13. The minimum atomic E-state index is -4.97. The monoisotopic (exact) mass is 1110 g/mol. The van der Waals surface area contributed by atoms with Gasteiger partial charge in [0.15, 0.2) is 0 Å². The SMILES string of the molecule is Cc1ccc(N(c2ccccc2)c2ccc(N(c3ccccc3)c3ccc(C=Cc4cc(C(F)(F)F)c(C=Cc5ccc(N(c6ccccc6)c6ccc(N(c7ccccc7)c7ccc(C)cc7)cc6)cc5)cc4C(F)(F)F)cc3)cc2)cc1. The fourth-order valence-corrected chi connectivity index (χ4v) is 10.2. The molecule has 0 saturated heterocycles. The quantitative estimate of drug-likeness (QED) is 0.0706. The molecule has 0 unspecified atom stereocenters. The molecule has 0 heterocycles. The molecule has 0 amide bonds. The third kappa shape index (κ3) is 12.7. The number of anilines is 12. The van der Waals surface area contributed by atoms with Gasteiger partial charge in [0.1, 0.15) is 0 Å². The van der Waals surface area contributed by atoms with Gasteiger partial charge in [-0.05, 0) is 194 Å². The van der Waals surface area contributed by atoms with E-state index in [1.54, 1.807) is 24.3 Å². The maximum Gasteiger partial charge on any atom is 0.417 e. The number of benzene rings is 11. The van der Waals surface area contributed by atoms with Crippen LogP contribution in [0.3, 0.4) is 0 Å². The predicted molar refractivity (Wildman–Crippen MR) is 335 cm³/mol. The molecule has 4 nitrogen and oxygen atoms in total. The van der Waals surface area contributed by atoms with Gasteiger partial charge in [-0.25, -0.2) is 0 Å². The van der Waals surface area contributed by atoms with Crippen molar-refractivity contribution in [2.45, 2.75) is 26.2 Å². The van der Waals surface area contributed by atoms with Gasteiger partial charge in [-0.15, -0.1) is 0 Å². The van der Waals surface area contributed by atoms with E-state index in [1.807, 2.05) is 146 Å². The van der Waals surface area contributed by atoms with Crippen molar-refractivity contribution in [1.82, 2.24) is 0 Å². The first-order valence-electron chi connectivity index (χ1n) is 27.4. The van der Waals surface area contributed by atoms with Crippen molar-refractivity contribution < 1.29 is 26.3 Å². The van der Waals surface area contributed by atoms with E-state index in [9.17, 15) is 26.3 Å². The van der Waals surface area contributed by atoms with E-state index in [1.165, 1.54) is 12.2 Å². The van der Waals surface area contributed by atoms with Crippen LogP contribution >= 0.6 is 0 Å². The Morgan fingerprint density at radius 2 is 0.429 bits per heavy atom. The van der Waals surface area contributed by atoms with Gasteiger partial charge >= 0.3 is 12.4 Å². The normalized spacial score (nSPS) is 11.7. The lowest BCUT2D eigenvalue weighted by atomic mass is 9.95. The molecule has 11 rings (SSSR count). The largest absolute Gasteiger partial charge is 0.417 e. The highest BCUT2D eigenvalue weighted by atomic mass is 19.4. The highest BCUT2D eigenvalue weighted by Gasteiger charge is 2.38. The molecule has 0 N–H and O–H groups in total. The van der Waals surface area contributed by atoms with Crippen LogP contribution in [0.15, 0.2) is 279 Å². The molecule has 0 fully saturated rings. The second-order valence-electron chi connectivity index (χ2n) is 20.3. The van der Waals surface area contributed by atoms with Crippen molar-refractivity contribution in [3.63, 3.8) is 0 Å². The summed E-state index contributed by atoms with van der Waals surface area (Å²) in [4.78, 5) is 8.47. The molecule has 0 bridgehead atoms. The van der Waals surface area contributed by atoms with Gasteiger partial charge in [0.25, 0.3) is 0 Å². The number of para-hydroxylation sites is 4. The van der Waals surface area contributed by atoms with Crippen molar-refractivity contribution in [2.24, 2.45) is 0 Å². The first-order chi connectivity index (χ1) is 40.7. The number of nitrogens with zero attached hydrogens (tertiary/aromatic N) is 4. The third-order valence-corrected chi connectivity index (χ3v) is 14.4. The van der Waals surface area contributed by atoms with Crippen molar-refractivity contribution in [3.8, 4) is 0 Å². The van der Waals surface area contributed by atoms with Crippen molar-refractivity contribution in [1.29, 1.82) is 0 Å². The Hall–Kier alpha value is -10.3. The van der Waals surface area contributed by atoms with E-state index >= 15 is 0 Å². The molecule has 414 valence electrons. The van der Waals surface area contributed by atoms with E-state index in [4.69, 9.17) is 0 Å². The maximum absolute atomic E-state index is 14.9. The van der Waals surface area contributed by atoms with Crippen molar-refractivity contribution in [3.05, 3.63) is 324 Å². The molecule has 0 aromatic heterocycles. The lowest BCUT2D eigenvalue weighted by molar-refractivity contribution is -0.141. The van der Waals surface area contributed by atoms with Crippen LogP contribution in [-0.4, -0.2) is 0 Å². The molecular formula is C74H56F6N4. The molecule has 11 aromatic carbocycles. The summed E-state index contributed by atoms with van der Waals surface area (Å²) in [6.07, 6.45) is -4.96. The number of hydrogen-bond acceptors (Lipinski definition) is 4. The Labute approximate surface area is 486 Å². The summed E-state index contributed by atoms with van der Waals surface area (Å²) in [6, 6.07) is 88.1. The van der Waals surface area contributed by atoms with Crippen LogP contribution in [0.4, 0.5) is 94.6 Å². The molecule has 0 aliphatic rings. The highest BCUT2D eigenvalue weighted by Crippen LogP contribution is 2.44. The van der Waals surface area contributed by atoms with Gasteiger partial charge < -0.3 is 19.6 Å². The molecule has 0 saturated carbocycles. The smallest absolute Gasteiger partial charge is 0.311 e. The van der Waals surface area contributed by atoms with Crippen LogP contribution in [0.2, 0.25) is 0 Å². The van der Waals surface area contributed by atoms with Crippen molar-refractivity contribution in [2.75, 3.05) is 19.6 Å². The summed E-state index contributed by atoms with van der Waals surface area (Å²) in [7, 11) is 0. The molecule has 0 aliphatic carbocycles. The van der Waals surface area contributed by atoms with Crippen LogP contribution in [0.1, 0.15) is 44.5 Å². The van der Waals surface area contributed by atoms with Gasteiger partial charge in [0.05, 0.1) is 11.1 Å². The zero-order chi connectivity index (χ0) is 58.2. The van der Waals surface area contributed by atoms with Crippen molar-refractivity contribution >= 4 is 92.6 Å². The Kier molecular flexibility index (Phi) is 16.2. The highest BCUT2D eigenvalue weighted by molar-refractivity contribution is 5.85. The number of rotatable bonds is 16. The van der Waals surface area contributed by atoms with E-state index < -0.39 is 34.6 Å². The Morgan fingerprint density at radius 3 is 0.643 bits per heavy atom. The number of halogens is 6. The van der Waals surface area contributed by atoms with Crippen LogP contribution in [0.25, 0.3) is 24.3 Å². The minimum absolute atomic E-state index is 0.489. The maximum atomic E-state index is 14.9. The van der Waals surface area contributed by atoms with E-state index in [0.717, 1.165) is 91.5 Å². The van der Waals surface area contributed by atoms with Gasteiger partial charge in [-0.3, -0.25) is 0 Å². The second kappa shape index (κ2) is 24.4. The summed E-state index contributed by atoms with van der Waals surface area (Å²) < 4.78 is 89.7. The fraction of sp³-hybridized carbons (Fsp3) is 0.0541. The predicted octanol–water partition coefficient (Wildman–Crippen LogP) is 22.6. The molecule has 84 heavy (non-hydrogen) atoms. The minimum Gasteiger partial charge on any atom is -0.311 e. The standard InChI is InChI=1S/C74H56F6N4/c1-53-23-35-63(36-24-53)81(59-15-7-3-8-16-59)67-43-47-69(48-44-67)83(61-19-11-5-12-20-61)65-39-29-55(30-40-65)27-33-57-51-72(74(78,79)80)58(52-71(57)73(75,76)77)34-28-56-31-41-66(42-32-56)84(62-21-13-6-14-22-62)70-49-45-68(46-50-70)82(60-17-9-4-10-18-60)64-37-25-54(2)26-38-64/h3-52H,1-2H3. The van der Waals surface area contributed by atoms with Crippen LogP contribution < -0.4 is 19.6 Å². The first-order valence-corrected chi connectivity index (χ1v) is 27.4. The molecule has 0 aliphatic heterocycles. The van der Waals surface area contributed by atoms with Gasteiger partial charge in [-0.1, -0.05) is 157 Å². The lowest BCUT2D eigenvalue weighted by Gasteiger charge is -2.28. The van der Waals surface area contributed by atoms with Gasteiger partial charge in [0.2, 0.25) is 0 Å². The van der Waals surface area contributed by atoms with Crippen LogP contribution in [-0.2, 0) is 12.4 Å². The third-order valence-electron chi connectivity index (χ3n) is 14.4. The van der Waals surface area contributed by atoms with E-state index in [0.29, 0.717) is 23.3 Å². The van der Waals surface area contributed by atoms with E-state index in [-0.39, 0.29) is 0 Å². The zero-order valence-corrected chi connectivity index (χ0v) is 45.9. The summed E-state index contributed by atoms with van der Waals surface area (Å²) in [5.74, 6) is 0. The molecule has 0 radical (unpaired) electrons.